The van der Waals surface area contributed by atoms with Crippen molar-refractivity contribution in [3.63, 3.8) is 0 Å². The van der Waals surface area contributed by atoms with Crippen LogP contribution in [-0.4, -0.2) is 67.9 Å². The minimum atomic E-state index is -0.189. The molecular formula is C16H23ClN4O2. The van der Waals surface area contributed by atoms with Crippen LogP contribution in [0.1, 0.15) is 5.56 Å². The van der Waals surface area contributed by atoms with Crippen LogP contribution in [0.2, 0.25) is 5.02 Å². The zero-order valence-electron chi connectivity index (χ0n) is 13.6. The van der Waals surface area contributed by atoms with Crippen LogP contribution in [0.5, 0.6) is 0 Å². The predicted molar refractivity (Wildman–Crippen MR) is 91.8 cm³/mol. The molecule has 2 amide bonds. The Bertz CT molecular complexity index is 573. The van der Waals surface area contributed by atoms with Crippen LogP contribution in [0.25, 0.3) is 0 Å². The first kappa shape index (κ1) is 17.7. The van der Waals surface area contributed by atoms with E-state index in [0.29, 0.717) is 10.7 Å². The third-order valence-corrected chi connectivity index (χ3v) is 4.00. The predicted octanol–water partition coefficient (Wildman–Crippen LogP) is 0.951. The van der Waals surface area contributed by atoms with Crippen LogP contribution in [0, 0.1) is 6.92 Å². The Balaban J connectivity index is 1.81. The second-order valence-corrected chi connectivity index (χ2v) is 6.24. The van der Waals surface area contributed by atoms with Crippen molar-refractivity contribution in [1.29, 1.82) is 0 Å². The van der Waals surface area contributed by atoms with Gasteiger partial charge in [0.25, 0.3) is 0 Å². The average Bonchev–Trinajstić information content (AvgIpc) is 2.50. The Morgan fingerprint density at radius 3 is 2.65 bits per heavy atom. The number of halogens is 1. The maximum Gasteiger partial charge on any atom is 0.238 e. The first-order valence-electron chi connectivity index (χ1n) is 7.69. The molecule has 126 valence electrons. The Labute approximate surface area is 141 Å². The van der Waals surface area contributed by atoms with E-state index in [0.717, 1.165) is 31.7 Å². The maximum atomic E-state index is 12.1. The number of anilines is 1. The average molecular weight is 339 g/mol. The second-order valence-electron chi connectivity index (χ2n) is 5.83. The molecule has 0 aliphatic carbocycles. The number of rotatable bonds is 5. The van der Waals surface area contributed by atoms with Crippen molar-refractivity contribution in [2.75, 3.05) is 51.6 Å². The van der Waals surface area contributed by atoms with E-state index in [2.05, 4.69) is 10.6 Å². The highest BCUT2D eigenvalue weighted by atomic mass is 35.5. The summed E-state index contributed by atoms with van der Waals surface area (Å²) in [4.78, 5) is 27.7. The molecule has 0 bridgehead atoms. The molecule has 7 heteroatoms. The number of amides is 2. The fraction of sp³-hybridized carbons (Fsp3) is 0.500. The maximum absolute atomic E-state index is 12.1. The van der Waals surface area contributed by atoms with Gasteiger partial charge < -0.3 is 15.5 Å². The van der Waals surface area contributed by atoms with Gasteiger partial charge in [0.15, 0.2) is 0 Å². The van der Waals surface area contributed by atoms with Crippen molar-refractivity contribution in [3.05, 3.63) is 28.8 Å². The summed E-state index contributed by atoms with van der Waals surface area (Å²) in [5, 5.41) is 6.49. The van der Waals surface area contributed by atoms with Gasteiger partial charge in [0.2, 0.25) is 11.8 Å². The summed E-state index contributed by atoms with van der Waals surface area (Å²) in [5.41, 5.74) is 1.62. The lowest BCUT2D eigenvalue weighted by Gasteiger charge is -2.29. The number of piperazine rings is 1. The van der Waals surface area contributed by atoms with E-state index in [9.17, 15) is 9.59 Å². The number of likely N-dealkylation sites (N-methyl/N-ethyl adjacent to an activating group) is 1. The summed E-state index contributed by atoms with van der Waals surface area (Å²) in [6.07, 6.45) is 0. The van der Waals surface area contributed by atoms with Crippen molar-refractivity contribution in [3.8, 4) is 0 Å². The van der Waals surface area contributed by atoms with E-state index in [-0.39, 0.29) is 24.9 Å². The van der Waals surface area contributed by atoms with Gasteiger partial charge in [-0.25, -0.2) is 0 Å². The smallest absolute Gasteiger partial charge is 0.238 e. The minimum absolute atomic E-state index is 0.0511. The second kappa shape index (κ2) is 8.29. The molecule has 6 nitrogen and oxygen atoms in total. The lowest BCUT2D eigenvalue weighted by atomic mass is 10.2. The van der Waals surface area contributed by atoms with Gasteiger partial charge in [-0.15, -0.1) is 0 Å². The Hall–Kier alpha value is -1.63. The van der Waals surface area contributed by atoms with Crippen LogP contribution >= 0.6 is 11.6 Å². The summed E-state index contributed by atoms with van der Waals surface area (Å²) in [7, 11) is 1.76. The van der Waals surface area contributed by atoms with E-state index in [1.807, 2.05) is 17.9 Å². The van der Waals surface area contributed by atoms with Gasteiger partial charge in [-0.1, -0.05) is 17.7 Å². The molecule has 1 aliphatic heterocycles. The number of benzene rings is 1. The number of carbonyl (C=O) groups is 2. The normalized spacial score (nSPS) is 14.9. The molecule has 1 saturated heterocycles. The molecule has 0 aromatic heterocycles. The molecule has 1 heterocycles. The van der Waals surface area contributed by atoms with E-state index >= 15 is 0 Å². The first-order chi connectivity index (χ1) is 11.0. The molecule has 1 fully saturated rings. The van der Waals surface area contributed by atoms with Gasteiger partial charge in [0.05, 0.1) is 23.8 Å². The summed E-state index contributed by atoms with van der Waals surface area (Å²) in [5.74, 6) is -0.137. The van der Waals surface area contributed by atoms with Crippen molar-refractivity contribution in [2.45, 2.75) is 6.92 Å². The molecule has 1 aromatic carbocycles. The summed E-state index contributed by atoms with van der Waals surface area (Å²) >= 11 is 6.10. The highest BCUT2D eigenvalue weighted by Crippen LogP contribution is 2.22. The third-order valence-electron chi connectivity index (χ3n) is 3.69. The first-order valence-corrected chi connectivity index (χ1v) is 8.06. The molecule has 1 aliphatic rings. The molecule has 0 atom stereocenters. The standard InChI is InChI=1S/C16H23ClN4O2/c1-12-3-4-14(13(17)9-12)19-15(22)10-20(2)11-16(23)21-7-5-18-6-8-21/h3-4,9,18H,5-8,10-11H2,1-2H3,(H,19,22). The molecular weight excluding hydrogens is 316 g/mol. The van der Waals surface area contributed by atoms with Gasteiger partial charge in [-0.2, -0.15) is 0 Å². The van der Waals surface area contributed by atoms with Gasteiger partial charge >= 0.3 is 0 Å². The van der Waals surface area contributed by atoms with Gasteiger partial charge in [0, 0.05) is 26.2 Å². The van der Waals surface area contributed by atoms with Crippen LogP contribution in [0.15, 0.2) is 18.2 Å². The van der Waals surface area contributed by atoms with Crippen molar-refractivity contribution in [1.82, 2.24) is 15.1 Å². The number of nitrogens with zero attached hydrogens (tertiary/aromatic N) is 2. The molecule has 2 rings (SSSR count). The Kier molecular flexibility index (Phi) is 6.38. The van der Waals surface area contributed by atoms with E-state index < -0.39 is 0 Å². The lowest BCUT2D eigenvalue weighted by Crippen LogP contribution is -2.49. The molecule has 0 spiro atoms. The van der Waals surface area contributed by atoms with Crippen LogP contribution in [-0.2, 0) is 9.59 Å². The number of carbonyl (C=O) groups excluding carboxylic acids is 2. The zero-order chi connectivity index (χ0) is 16.8. The third kappa shape index (κ3) is 5.49. The molecule has 1 aromatic rings. The Morgan fingerprint density at radius 2 is 2.00 bits per heavy atom. The molecule has 2 N–H and O–H groups in total. The monoisotopic (exact) mass is 338 g/mol. The highest BCUT2D eigenvalue weighted by molar-refractivity contribution is 6.33. The van der Waals surface area contributed by atoms with Gasteiger partial charge in [-0.3, -0.25) is 14.5 Å². The van der Waals surface area contributed by atoms with E-state index in [4.69, 9.17) is 11.6 Å². The molecule has 0 saturated carbocycles. The van der Waals surface area contributed by atoms with Crippen LogP contribution < -0.4 is 10.6 Å². The molecule has 0 unspecified atom stereocenters. The van der Waals surface area contributed by atoms with Crippen LogP contribution in [0.3, 0.4) is 0 Å². The van der Waals surface area contributed by atoms with Gasteiger partial charge in [-0.05, 0) is 31.7 Å². The fourth-order valence-corrected chi connectivity index (χ4v) is 2.74. The summed E-state index contributed by atoms with van der Waals surface area (Å²) in [6, 6.07) is 5.47. The zero-order valence-corrected chi connectivity index (χ0v) is 14.3. The van der Waals surface area contributed by atoms with Crippen molar-refractivity contribution < 1.29 is 9.59 Å². The van der Waals surface area contributed by atoms with E-state index in [1.165, 1.54) is 0 Å². The fourth-order valence-electron chi connectivity index (χ4n) is 2.46. The number of aryl methyl sites for hydroxylation is 1. The Morgan fingerprint density at radius 1 is 1.30 bits per heavy atom. The van der Waals surface area contributed by atoms with Crippen LogP contribution in [0.4, 0.5) is 5.69 Å². The lowest BCUT2D eigenvalue weighted by molar-refractivity contribution is -0.133. The quantitative estimate of drug-likeness (QED) is 0.839. The van der Waals surface area contributed by atoms with Crippen molar-refractivity contribution in [2.24, 2.45) is 0 Å². The number of nitrogens with one attached hydrogen (secondary N) is 2. The summed E-state index contributed by atoms with van der Waals surface area (Å²) in [6.45, 7) is 5.39. The number of hydrogen-bond acceptors (Lipinski definition) is 4. The van der Waals surface area contributed by atoms with Crippen molar-refractivity contribution >= 4 is 29.1 Å². The highest BCUT2D eigenvalue weighted by Gasteiger charge is 2.18. The SMILES string of the molecule is Cc1ccc(NC(=O)CN(C)CC(=O)N2CCNCC2)c(Cl)c1. The van der Waals surface area contributed by atoms with Gasteiger partial charge in [0.1, 0.15) is 0 Å². The molecule has 0 radical (unpaired) electrons. The van der Waals surface area contributed by atoms with E-state index in [1.54, 1.807) is 24.1 Å². The minimum Gasteiger partial charge on any atom is -0.339 e. The summed E-state index contributed by atoms with van der Waals surface area (Å²) < 4.78 is 0. The molecule has 23 heavy (non-hydrogen) atoms. The number of hydrogen-bond donors (Lipinski definition) is 2. The largest absolute Gasteiger partial charge is 0.339 e. The topological polar surface area (TPSA) is 64.7 Å².